The Morgan fingerprint density at radius 3 is 2.39 bits per heavy atom. The zero-order chi connectivity index (χ0) is 12.5. The highest BCUT2D eigenvalue weighted by atomic mass is 19.1. The van der Waals surface area contributed by atoms with Crippen molar-refractivity contribution in [1.29, 1.82) is 0 Å². The van der Waals surface area contributed by atoms with Gasteiger partial charge in [0.15, 0.2) is 5.78 Å². The number of rotatable bonds is 3. The van der Waals surface area contributed by atoms with E-state index >= 15 is 0 Å². The third kappa shape index (κ3) is 2.16. The van der Waals surface area contributed by atoms with E-state index in [-0.39, 0.29) is 17.5 Å². The first kappa shape index (κ1) is 11.1. The van der Waals surface area contributed by atoms with Crippen LogP contribution in [0.25, 0.3) is 11.3 Å². The number of Topliss-reactive ketones (excluding diaryl/α,β-unsaturated/α-hetero) is 1. The van der Waals surface area contributed by atoms with E-state index in [1.165, 1.54) is 12.3 Å². The van der Waals surface area contributed by atoms with Gasteiger partial charge in [0, 0.05) is 17.0 Å². The number of ketones is 1. The summed E-state index contributed by atoms with van der Waals surface area (Å²) in [4.78, 5) is 15.8. The maximum atomic E-state index is 12.8. The Bertz CT molecular complexity index is 570. The molecule has 3 rings (SSSR count). The van der Waals surface area contributed by atoms with Crippen molar-refractivity contribution in [2.75, 3.05) is 0 Å². The summed E-state index contributed by atoms with van der Waals surface area (Å²) in [6.07, 6.45) is 3.22. The molecule has 0 amide bonds. The number of aromatic nitrogens is 1. The number of halogens is 1. The molecule has 0 spiro atoms. The van der Waals surface area contributed by atoms with Crippen LogP contribution in [0.1, 0.15) is 23.2 Å². The minimum absolute atomic E-state index is 0.230. The van der Waals surface area contributed by atoms with Gasteiger partial charge in [-0.05, 0) is 25.0 Å². The highest BCUT2D eigenvalue weighted by Gasteiger charge is 2.30. The summed E-state index contributed by atoms with van der Waals surface area (Å²) in [5, 5.41) is 0. The molecule has 2 nitrogen and oxygen atoms in total. The van der Waals surface area contributed by atoms with E-state index in [0.29, 0.717) is 5.69 Å². The Balaban J connectivity index is 1.86. The van der Waals surface area contributed by atoms with E-state index in [2.05, 4.69) is 4.98 Å². The van der Waals surface area contributed by atoms with E-state index in [1.807, 2.05) is 24.3 Å². The number of hydrogen-bond acceptors (Lipinski definition) is 2. The van der Waals surface area contributed by atoms with Crippen LogP contribution in [0.3, 0.4) is 0 Å². The summed E-state index contributed by atoms with van der Waals surface area (Å²) >= 11 is 0. The molecular formula is C15H12FNO. The van der Waals surface area contributed by atoms with Crippen LogP contribution in [0, 0.1) is 11.7 Å². The molecule has 0 atom stereocenters. The van der Waals surface area contributed by atoms with Gasteiger partial charge in [-0.3, -0.25) is 9.78 Å². The third-order valence-electron chi connectivity index (χ3n) is 3.14. The van der Waals surface area contributed by atoms with Crippen molar-refractivity contribution in [2.24, 2.45) is 5.92 Å². The molecule has 18 heavy (non-hydrogen) atoms. The standard InChI is InChI=1S/C15H12FNO/c16-13-7-8-14(17-9-13)10-1-3-11(4-2-10)15(18)12-5-6-12/h1-4,7-9,12H,5-6H2. The van der Waals surface area contributed by atoms with Gasteiger partial charge in [0.1, 0.15) is 5.82 Å². The van der Waals surface area contributed by atoms with Gasteiger partial charge in [0.2, 0.25) is 0 Å². The van der Waals surface area contributed by atoms with E-state index < -0.39 is 0 Å². The molecule has 0 unspecified atom stereocenters. The summed E-state index contributed by atoms with van der Waals surface area (Å²) < 4.78 is 12.8. The normalized spacial score (nSPS) is 14.5. The third-order valence-corrected chi connectivity index (χ3v) is 3.14. The molecule has 0 radical (unpaired) electrons. The van der Waals surface area contributed by atoms with Gasteiger partial charge < -0.3 is 0 Å². The molecular weight excluding hydrogens is 229 g/mol. The van der Waals surface area contributed by atoms with Crippen LogP contribution in [0.5, 0.6) is 0 Å². The molecule has 0 bridgehead atoms. The lowest BCUT2D eigenvalue weighted by molar-refractivity contribution is 0.0967. The number of carbonyl (C=O) groups is 1. The Hall–Kier alpha value is -2.03. The second kappa shape index (κ2) is 4.33. The quantitative estimate of drug-likeness (QED) is 0.770. The molecule has 90 valence electrons. The molecule has 2 aromatic rings. The van der Waals surface area contributed by atoms with E-state index in [9.17, 15) is 9.18 Å². The highest BCUT2D eigenvalue weighted by Crippen LogP contribution is 2.32. The van der Waals surface area contributed by atoms with Crippen molar-refractivity contribution < 1.29 is 9.18 Å². The van der Waals surface area contributed by atoms with E-state index in [4.69, 9.17) is 0 Å². The average Bonchev–Trinajstić information content (AvgIpc) is 3.23. The lowest BCUT2D eigenvalue weighted by Crippen LogP contribution is -2.00. The molecule has 1 aromatic carbocycles. The molecule has 1 aliphatic carbocycles. The van der Waals surface area contributed by atoms with Crippen molar-refractivity contribution in [2.45, 2.75) is 12.8 Å². The van der Waals surface area contributed by atoms with Gasteiger partial charge >= 0.3 is 0 Å². The van der Waals surface area contributed by atoms with Gasteiger partial charge in [0.05, 0.1) is 11.9 Å². The minimum Gasteiger partial charge on any atom is -0.294 e. The van der Waals surface area contributed by atoms with Crippen LogP contribution in [0.15, 0.2) is 42.6 Å². The Morgan fingerprint density at radius 2 is 1.83 bits per heavy atom. The first-order chi connectivity index (χ1) is 8.74. The largest absolute Gasteiger partial charge is 0.294 e. The first-order valence-corrected chi connectivity index (χ1v) is 6.00. The van der Waals surface area contributed by atoms with Crippen LogP contribution in [0.2, 0.25) is 0 Å². The number of pyridine rings is 1. The Kier molecular flexibility index (Phi) is 2.67. The lowest BCUT2D eigenvalue weighted by atomic mass is 10.0. The van der Waals surface area contributed by atoms with Crippen LogP contribution in [-0.2, 0) is 0 Å². The second-order valence-electron chi connectivity index (χ2n) is 4.58. The first-order valence-electron chi connectivity index (χ1n) is 6.00. The van der Waals surface area contributed by atoms with Crippen LogP contribution in [0.4, 0.5) is 4.39 Å². The summed E-state index contributed by atoms with van der Waals surface area (Å²) in [6.45, 7) is 0. The van der Waals surface area contributed by atoms with Gasteiger partial charge in [-0.15, -0.1) is 0 Å². The summed E-state index contributed by atoms with van der Waals surface area (Å²) in [5.41, 5.74) is 2.35. The molecule has 0 N–H and O–H groups in total. The molecule has 1 saturated carbocycles. The number of hydrogen-bond donors (Lipinski definition) is 0. The van der Waals surface area contributed by atoms with Gasteiger partial charge in [-0.1, -0.05) is 24.3 Å². The van der Waals surface area contributed by atoms with Crippen molar-refractivity contribution >= 4 is 5.78 Å². The maximum Gasteiger partial charge on any atom is 0.165 e. The van der Waals surface area contributed by atoms with E-state index in [0.717, 1.165) is 24.0 Å². The second-order valence-corrected chi connectivity index (χ2v) is 4.58. The predicted molar refractivity (Wildman–Crippen MR) is 66.7 cm³/mol. The zero-order valence-electron chi connectivity index (χ0n) is 9.77. The Morgan fingerprint density at radius 1 is 1.11 bits per heavy atom. The number of nitrogens with zero attached hydrogens (tertiary/aromatic N) is 1. The number of carbonyl (C=O) groups excluding carboxylic acids is 1. The molecule has 1 aromatic heterocycles. The van der Waals surface area contributed by atoms with Crippen LogP contribution >= 0.6 is 0 Å². The summed E-state index contributed by atoms with van der Waals surface area (Å²) in [5.74, 6) is 0.118. The van der Waals surface area contributed by atoms with Crippen molar-refractivity contribution in [1.82, 2.24) is 4.98 Å². The minimum atomic E-state index is -0.348. The van der Waals surface area contributed by atoms with Crippen LogP contribution < -0.4 is 0 Å². The fourth-order valence-corrected chi connectivity index (χ4v) is 1.93. The number of benzene rings is 1. The molecule has 1 fully saturated rings. The lowest BCUT2D eigenvalue weighted by Gasteiger charge is -2.02. The van der Waals surface area contributed by atoms with Gasteiger partial charge in [0.25, 0.3) is 0 Å². The zero-order valence-corrected chi connectivity index (χ0v) is 9.77. The Labute approximate surface area is 104 Å². The molecule has 3 heteroatoms. The highest BCUT2D eigenvalue weighted by molar-refractivity contribution is 5.99. The smallest absolute Gasteiger partial charge is 0.165 e. The maximum absolute atomic E-state index is 12.8. The average molecular weight is 241 g/mol. The summed E-state index contributed by atoms with van der Waals surface area (Å²) in [7, 11) is 0. The molecule has 1 aliphatic rings. The van der Waals surface area contributed by atoms with Crippen molar-refractivity contribution in [3.63, 3.8) is 0 Å². The van der Waals surface area contributed by atoms with Crippen LogP contribution in [-0.4, -0.2) is 10.8 Å². The van der Waals surface area contributed by atoms with Crippen molar-refractivity contribution in [3.05, 3.63) is 54.0 Å². The topological polar surface area (TPSA) is 30.0 Å². The SMILES string of the molecule is O=C(c1ccc(-c2ccc(F)cn2)cc1)C1CC1. The van der Waals surface area contributed by atoms with Gasteiger partial charge in [-0.25, -0.2) is 4.39 Å². The molecule has 1 heterocycles. The predicted octanol–water partition coefficient (Wildman–Crippen LogP) is 3.48. The monoisotopic (exact) mass is 241 g/mol. The van der Waals surface area contributed by atoms with E-state index in [1.54, 1.807) is 6.07 Å². The fourth-order valence-electron chi connectivity index (χ4n) is 1.93. The fraction of sp³-hybridized carbons (Fsp3) is 0.200. The molecule has 0 aliphatic heterocycles. The summed E-state index contributed by atoms with van der Waals surface area (Å²) in [6, 6.07) is 10.4. The van der Waals surface area contributed by atoms with Gasteiger partial charge in [-0.2, -0.15) is 0 Å². The molecule has 0 saturated heterocycles. The van der Waals surface area contributed by atoms with Crippen molar-refractivity contribution in [3.8, 4) is 11.3 Å².